The average molecular weight is 285 g/mol. The monoisotopic (exact) mass is 285 g/mol. The van der Waals surface area contributed by atoms with Gasteiger partial charge in [-0.15, -0.1) is 0 Å². The molecule has 1 heterocycles. The van der Waals surface area contributed by atoms with Gasteiger partial charge >= 0.3 is 0 Å². The van der Waals surface area contributed by atoms with Crippen LogP contribution in [-0.2, 0) is 6.54 Å². The van der Waals surface area contributed by atoms with Gasteiger partial charge in [0.2, 0.25) is 0 Å². The molecule has 21 heavy (non-hydrogen) atoms. The predicted octanol–water partition coefficient (Wildman–Crippen LogP) is 2.66. The van der Waals surface area contributed by atoms with Gasteiger partial charge in [0.25, 0.3) is 0 Å². The molecule has 3 rings (SSSR count). The summed E-state index contributed by atoms with van der Waals surface area (Å²) < 4.78 is 1.88. The van der Waals surface area contributed by atoms with E-state index in [1.165, 1.54) is 12.0 Å². The van der Waals surface area contributed by atoms with Crippen molar-refractivity contribution in [2.75, 3.05) is 6.54 Å². The number of para-hydroxylation sites is 1. The standard InChI is InChI=1S/C17H23N3O/c21-17(9-4-1-5-10-17)14-18-13-15-7-2-3-8-16(15)20-12-6-11-19-20/h2-3,6-8,11-12,18,21H,1,4-5,9-10,13-14H2. The van der Waals surface area contributed by atoms with E-state index in [1.54, 1.807) is 6.20 Å². The topological polar surface area (TPSA) is 50.1 Å². The summed E-state index contributed by atoms with van der Waals surface area (Å²) in [7, 11) is 0. The van der Waals surface area contributed by atoms with Gasteiger partial charge in [-0.3, -0.25) is 0 Å². The summed E-state index contributed by atoms with van der Waals surface area (Å²) in [6, 6.07) is 10.2. The summed E-state index contributed by atoms with van der Waals surface area (Å²) in [5.74, 6) is 0. The van der Waals surface area contributed by atoms with Crippen LogP contribution in [0.25, 0.3) is 5.69 Å². The second-order valence-corrected chi connectivity index (χ2v) is 5.97. The highest BCUT2D eigenvalue weighted by Gasteiger charge is 2.28. The molecule has 1 saturated carbocycles. The van der Waals surface area contributed by atoms with Crippen molar-refractivity contribution in [3.05, 3.63) is 48.3 Å². The zero-order valence-electron chi connectivity index (χ0n) is 12.3. The van der Waals surface area contributed by atoms with Crippen LogP contribution in [0.5, 0.6) is 0 Å². The molecule has 2 N–H and O–H groups in total. The van der Waals surface area contributed by atoms with Gasteiger partial charge in [0.05, 0.1) is 11.3 Å². The number of benzene rings is 1. The van der Waals surface area contributed by atoms with Crippen molar-refractivity contribution in [2.24, 2.45) is 0 Å². The molecule has 0 bridgehead atoms. The Hall–Kier alpha value is -1.65. The van der Waals surface area contributed by atoms with E-state index in [0.29, 0.717) is 6.54 Å². The fourth-order valence-electron chi connectivity index (χ4n) is 3.11. The Labute approximate surface area is 125 Å². The van der Waals surface area contributed by atoms with Crippen molar-refractivity contribution in [1.82, 2.24) is 15.1 Å². The molecule has 0 aliphatic heterocycles. The first-order chi connectivity index (χ1) is 10.3. The first-order valence-corrected chi connectivity index (χ1v) is 7.78. The maximum atomic E-state index is 10.5. The second kappa shape index (κ2) is 6.41. The third-order valence-corrected chi connectivity index (χ3v) is 4.30. The Kier molecular flexibility index (Phi) is 4.36. The number of nitrogens with zero attached hydrogens (tertiary/aromatic N) is 2. The molecule has 0 unspecified atom stereocenters. The Morgan fingerprint density at radius 3 is 2.71 bits per heavy atom. The zero-order chi connectivity index (χ0) is 14.5. The van der Waals surface area contributed by atoms with Crippen LogP contribution in [-0.4, -0.2) is 27.0 Å². The van der Waals surface area contributed by atoms with Crippen LogP contribution in [0.2, 0.25) is 0 Å². The molecule has 112 valence electrons. The molecule has 4 heteroatoms. The number of rotatable bonds is 5. The third-order valence-electron chi connectivity index (χ3n) is 4.30. The fourth-order valence-corrected chi connectivity index (χ4v) is 3.11. The first-order valence-electron chi connectivity index (χ1n) is 7.78. The van der Waals surface area contributed by atoms with E-state index in [0.717, 1.165) is 37.9 Å². The summed E-state index contributed by atoms with van der Waals surface area (Å²) in [5.41, 5.74) is 1.77. The van der Waals surface area contributed by atoms with E-state index in [-0.39, 0.29) is 0 Å². The molecular formula is C17H23N3O. The summed E-state index contributed by atoms with van der Waals surface area (Å²) in [6.45, 7) is 1.42. The number of hydrogen-bond acceptors (Lipinski definition) is 3. The average Bonchev–Trinajstić information content (AvgIpc) is 3.02. The molecule has 1 aromatic carbocycles. The molecule has 4 nitrogen and oxygen atoms in total. The smallest absolute Gasteiger partial charge is 0.0771 e. The molecule has 0 saturated heterocycles. The van der Waals surface area contributed by atoms with Crippen molar-refractivity contribution in [3.63, 3.8) is 0 Å². The number of nitrogens with one attached hydrogen (secondary N) is 1. The van der Waals surface area contributed by atoms with Gasteiger partial charge in [-0.1, -0.05) is 37.5 Å². The van der Waals surface area contributed by atoms with E-state index < -0.39 is 5.60 Å². The largest absolute Gasteiger partial charge is 0.389 e. The molecule has 0 spiro atoms. The molecule has 0 radical (unpaired) electrons. The van der Waals surface area contributed by atoms with Gasteiger partial charge in [0.1, 0.15) is 0 Å². The highest BCUT2D eigenvalue weighted by Crippen LogP contribution is 2.27. The maximum absolute atomic E-state index is 10.5. The summed E-state index contributed by atoms with van der Waals surface area (Å²) in [6.07, 6.45) is 9.11. The number of aliphatic hydroxyl groups is 1. The van der Waals surface area contributed by atoms with Gasteiger partial charge < -0.3 is 10.4 Å². The lowest BCUT2D eigenvalue weighted by molar-refractivity contribution is 0.00467. The highest BCUT2D eigenvalue weighted by molar-refractivity contribution is 5.40. The molecular weight excluding hydrogens is 262 g/mol. The van der Waals surface area contributed by atoms with Crippen LogP contribution in [0.3, 0.4) is 0 Å². The van der Waals surface area contributed by atoms with Gasteiger partial charge in [-0.05, 0) is 30.5 Å². The lowest BCUT2D eigenvalue weighted by Gasteiger charge is -2.32. The highest BCUT2D eigenvalue weighted by atomic mass is 16.3. The lowest BCUT2D eigenvalue weighted by atomic mass is 9.85. The first kappa shape index (κ1) is 14.3. The molecule has 1 aliphatic rings. The Morgan fingerprint density at radius 2 is 1.95 bits per heavy atom. The quantitative estimate of drug-likeness (QED) is 0.888. The molecule has 1 aliphatic carbocycles. The predicted molar refractivity (Wildman–Crippen MR) is 83.3 cm³/mol. The van der Waals surface area contributed by atoms with Crippen LogP contribution in [0.4, 0.5) is 0 Å². The summed E-state index contributed by atoms with van der Waals surface area (Å²) in [4.78, 5) is 0. The minimum absolute atomic E-state index is 0.515. The van der Waals surface area contributed by atoms with Gasteiger partial charge in [0, 0.05) is 25.5 Å². The van der Waals surface area contributed by atoms with Crippen molar-refractivity contribution >= 4 is 0 Å². The minimum atomic E-state index is -0.515. The van der Waals surface area contributed by atoms with E-state index in [4.69, 9.17) is 0 Å². The van der Waals surface area contributed by atoms with E-state index in [9.17, 15) is 5.11 Å². The van der Waals surface area contributed by atoms with Crippen LogP contribution >= 0.6 is 0 Å². The van der Waals surface area contributed by atoms with Crippen LogP contribution in [0.1, 0.15) is 37.7 Å². The number of hydrogen-bond donors (Lipinski definition) is 2. The van der Waals surface area contributed by atoms with Crippen LogP contribution < -0.4 is 5.32 Å². The molecule has 0 atom stereocenters. The van der Waals surface area contributed by atoms with Crippen LogP contribution in [0.15, 0.2) is 42.7 Å². The van der Waals surface area contributed by atoms with Gasteiger partial charge in [0.15, 0.2) is 0 Å². The van der Waals surface area contributed by atoms with Crippen molar-refractivity contribution in [3.8, 4) is 5.69 Å². The van der Waals surface area contributed by atoms with Crippen molar-refractivity contribution in [2.45, 2.75) is 44.2 Å². The van der Waals surface area contributed by atoms with Crippen molar-refractivity contribution < 1.29 is 5.11 Å². The van der Waals surface area contributed by atoms with Gasteiger partial charge in [-0.25, -0.2) is 4.68 Å². The maximum Gasteiger partial charge on any atom is 0.0771 e. The Morgan fingerprint density at radius 1 is 1.14 bits per heavy atom. The van der Waals surface area contributed by atoms with E-state index in [1.807, 2.05) is 29.1 Å². The Balaban J connectivity index is 1.63. The molecule has 0 amide bonds. The minimum Gasteiger partial charge on any atom is -0.389 e. The lowest BCUT2D eigenvalue weighted by Crippen LogP contribution is -2.42. The third kappa shape index (κ3) is 3.52. The van der Waals surface area contributed by atoms with E-state index >= 15 is 0 Å². The SMILES string of the molecule is OC1(CNCc2ccccc2-n2cccn2)CCCCC1. The van der Waals surface area contributed by atoms with Gasteiger partial charge in [-0.2, -0.15) is 5.10 Å². The second-order valence-electron chi connectivity index (χ2n) is 5.97. The number of aromatic nitrogens is 2. The summed E-state index contributed by atoms with van der Waals surface area (Å²) in [5, 5.41) is 18.2. The van der Waals surface area contributed by atoms with Crippen molar-refractivity contribution in [1.29, 1.82) is 0 Å². The Bertz CT molecular complexity index is 559. The fraction of sp³-hybridized carbons (Fsp3) is 0.471. The van der Waals surface area contributed by atoms with E-state index in [2.05, 4.69) is 22.5 Å². The molecule has 2 aromatic rings. The zero-order valence-corrected chi connectivity index (χ0v) is 12.3. The summed E-state index contributed by atoms with van der Waals surface area (Å²) >= 11 is 0. The normalized spacial score (nSPS) is 17.8. The molecule has 1 fully saturated rings. The molecule has 1 aromatic heterocycles. The van der Waals surface area contributed by atoms with Crippen LogP contribution in [0, 0.1) is 0 Å².